The molecule has 0 bridgehead atoms. The van der Waals surface area contributed by atoms with Crippen molar-refractivity contribution >= 4 is 9.84 Å². The third-order valence-electron chi connectivity index (χ3n) is 1.98. The number of rotatable bonds is 1. The standard InChI is InChI=1S/C9H9F3O2S/c1-6-4-3-5-7(2)8(6)15(13,14)9(10,11)12/h3-5H,1-2H3. The number of hydrogen-bond donors (Lipinski definition) is 0. The van der Waals surface area contributed by atoms with Crippen LogP contribution in [0.15, 0.2) is 23.1 Å². The smallest absolute Gasteiger partial charge is 0.214 e. The van der Waals surface area contributed by atoms with Crippen molar-refractivity contribution in [1.29, 1.82) is 0 Å². The summed E-state index contributed by atoms with van der Waals surface area (Å²) in [6.07, 6.45) is 0. The zero-order valence-corrected chi connectivity index (χ0v) is 8.91. The number of benzene rings is 1. The molecule has 1 aromatic carbocycles. The lowest BCUT2D eigenvalue weighted by atomic mass is 10.2. The molecular formula is C9H9F3O2S. The van der Waals surface area contributed by atoms with Gasteiger partial charge in [-0.05, 0) is 25.0 Å². The number of halogens is 3. The summed E-state index contributed by atoms with van der Waals surface area (Å²) in [6.45, 7) is 2.68. The van der Waals surface area contributed by atoms with E-state index in [1.165, 1.54) is 32.0 Å². The second-order valence-electron chi connectivity index (χ2n) is 3.17. The van der Waals surface area contributed by atoms with Crippen molar-refractivity contribution in [1.82, 2.24) is 0 Å². The molecule has 0 aliphatic rings. The monoisotopic (exact) mass is 238 g/mol. The molecule has 0 N–H and O–H groups in total. The maximum absolute atomic E-state index is 12.3. The Labute approximate surface area is 85.6 Å². The maximum Gasteiger partial charge on any atom is 0.501 e. The highest BCUT2D eigenvalue weighted by atomic mass is 32.2. The molecule has 6 heteroatoms. The Balaban J connectivity index is 3.55. The first-order chi connectivity index (χ1) is 6.68. The predicted molar refractivity (Wildman–Crippen MR) is 49.2 cm³/mol. The molecule has 0 saturated heterocycles. The summed E-state index contributed by atoms with van der Waals surface area (Å²) in [6, 6.07) is 4.19. The largest absolute Gasteiger partial charge is 0.501 e. The highest BCUT2D eigenvalue weighted by Gasteiger charge is 2.48. The van der Waals surface area contributed by atoms with Gasteiger partial charge in [-0.1, -0.05) is 18.2 Å². The van der Waals surface area contributed by atoms with Crippen LogP contribution in [0.1, 0.15) is 11.1 Å². The minimum absolute atomic E-state index is 0.104. The van der Waals surface area contributed by atoms with E-state index in [1.54, 1.807) is 0 Å². The lowest BCUT2D eigenvalue weighted by molar-refractivity contribution is -0.0436. The summed E-state index contributed by atoms with van der Waals surface area (Å²) in [5.41, 5.74) is -5.04. The summed E-state index contributed by atoms with van der Waals surface area (Å²) in [5, 5.41) is 0. The van der Waals surface area contributed by atoms with E-state index in [1.807, 2.05) is 0 Å². The molecule has 0 amide bonds. The van der Waals surface area contributed by atoms with Crippen LogP contribution in [0, 0.1) is 13.8 Å². The lowest BCUT2D eigenvalue weighted by Crippen LogP contribution is -2.24. The fraction of sp³-hybridized carbons (Fsp3) is 0.333. The number of hydrogen-bond acceptors (Lipinski definition) is 2. The van der Waals surface area contributed by atoms with Crippen LogP contribution in [0.4, 0.5) is 13.2 Å². The number of aryl methyl sites for hydroxylation is 2. The molecule has 0 radical (unpaired) electrons. The summed E-state index contributed by atoms with van der Waals surface area (Å²) < 4.78 is 59.2. The van der Waals surface area contributed by atoms with Crippen LogP contribution in [-0.4, -0.2) is 13.9 Å². The van der Waals surface area contributed by atoms with Crippen molar-refractivity contribution in [2.75, 3.05) is 0 Å². The summed E-state index contributed by atoms with van der Waals surface area (Å²) >= 11 is 0. The average Bonchev–Trinajstić information content (AvgIpc) is 2.00. The van der Waals surface area contributed by atoms with Crippen LogP contribution in [0.25, 0.3) is 0 Å². The quantitative estimate of drug-likeness (QED) is 0.753. The van der Waals surface area contributed by atoms with Gasteiger partial charge in [0.25, 0.3) is 9.84 Å². The third-order valence-corrected chi connectivity index (χ3v) is 3.77. The molecule has 2 nitrogen and oxygen atoms in total. The summed E-state index contributed by atoms with van der Waals surface area (Å²) in [4.78, 5) is -0.641. The van der Waals surface area contributed by atoms with Crippen LogP contribution in [0.3, 0.4) is 0 Å². The van der Waals surface area contributed by atoms with Crippen LogP contribution in [0.5, 0.6) is 0 Å². The molecule has 0 saturated carbocycles. The fourth-order valence-corrected chi connectivity index (χ4v) is 2.55. The molecule has 0 aromatic heterocycles. The zero-order chi connectivity index (χ0) is 11.9. The van der Waals surface area contributed by atoms with Gasteiger partial charge in [0.1, 0.15) is 0 Å². The summed E-state index contributed by atoms with van der Waals surface area (Å²) in [7, 11) is -5.24. The molecule has 0 aliphatic carbocycles. The van der Waals surface area contributed by atoms with Crippen molar-refractivity contribution in [3.8, 4) is 0 Å². The molecule has 0 aliphatic heterocycles. The van der Waals surface area contributed by atoms with E-state index in [2.05, 4.69) is 0 Å². The van der Waals surface area contributed by atoms with E-state index in [-0.39, 0.29) is 11.1 Å². The van der Waals surface area contributed by atoms with Gasteiger partial charge in [-0.15, -0.1) is 0 Å². The minimum atomic E-state index is -5.25. The highest BCUT2D eigenvalue weighted by Crippen LogP contribution is 2.33. The Kier molecular flexibility index (Phi) is 2.82. The molecule has 0 atom stereocenters. The average molecular weight is 238 g/mol. The van der Waals surface area contributed by atoms with Crippen molar-refractivity contribution in [2.24, 2.45) is 0 Å². The van der Waals surface area contributed by atoms with Crippen molar-refractivity contribution in [2.45, 2.75) is 24.3 Å². The van der Waals surface area contributed by atoms with E-state index in [0.717, 1.165) is 0 Å². The molecule has 0 unspecified atom stereocenters. The first kappa shape index (κ1) is 12.0. The van der Waals surface area contributed by atoms with Crippen LogP contribution >= 0.6 is 0 Å². The fourth-order valence-electron chi connectivity index (χ4n) is 1.34. The molecule has 0 fully saturated rings. The molecular weight excluding hydrogens is 229 g/mol. The van der Waals surface area contributed by atoms with Crippen LogP contribution in [0.2, 0.25) is 0 Å². The highest BCUT2D eigenvalue weighted by molar-refractivity contribution is 7.92. The van der Waals surface area contributed by atoms with Crippen molar-refractivity contribution < 1.29 is 21.6 Å². The minimum Gasteiger partial charge on any atom is -0.214 e. The molecule has 1 aromatic rings. The predicted octanol–water partition coefficient (Wildman–Crippen LogP) is 2.60. The second kappa shape index (κ2) is 3.52. The van der Waals surface area contributed by atoms with Crippen LogP contribution < -0.4 is 0 Å². The van der Waals surface area contributed by atoms with Crippen molar-refractivity contribution in [3.63, 3.8) is 0 Å². The van der Waals surface area contributed by atoms with Gasteiger partial charge in [0.15, 0.2) is 0 Å². The van der Waals surface area contributed by atoms with E-state index >= 15 is 0 Å². The molecule has 1 rings (SSSR count). The summed E-state index contributed by atoms with van der Waals surface area (Å²) in [5.74, 6) is 0. The van der Waals surface area contributed by atoms with Gasteiger partial charge in [-0.3, -0.25) is 0 Å². The molecule has 0 heterocycles. The van der Waals surface area contributed by atoms with E-state index < -0.39 is 20.2 Å². The number of alkyl halides is 3. The van der Waals surface area contributed by atoms with Gasteiger partial charge >= 0.3 is 5.51 Å². The van der Waals surface area contributed by atoms with Crippen molar-refractivity contribution in [3.05, 3.63) is 29.3 Å². The molecule has 84 valence electrons. The Morgan fingerprint density at radius 3 is 1.80 bits per heavy atom. The van der Waals surface area contributed by atoms with Gasteiger partial charge < -0.3 is 0 Å². The van der Waals surface area contributed by atoms with Crippen LogP contribution in [-0.2, 0) is 9.84 Å². The van der Waals surface area contributed by atoms with E-state index in [0.29, 0.717) is 0 Å². The van der Waals surface area contributed by atoms with Gasteiger partial charge in [-0.25, -0.2) is 8.42 Å². The van der Waals surface area contributed by atoms with Gasteiger partial charge in [0.05, 0.1) is 4.90 Å². The van der Waals surface area contributed by atoms with Gasteiger partial charge in [0, 0.05) is 0 Å². The third kappa shape index (κ3) is 1.99. The SMILES string of the molecule is Cc1cccc(C)c1S(=O)(=O)C(F)(F)F. The normalized spacial score (nSPS) is 12.9. The van der Waals surface area contributed by atoms with Gasteiger partial charge in [0.2, 0.25) is 0 Å². The van der Waals surface area contributed by atoms with E-state index in [4.69, 9.17) is 0 Å². The molecule has 0 spiro atoms. The second-order valence-corrected chi connectivity index (χ2v) is 5.05. The topological polar surface area (TPSA) is 34.1 Å². The molecule has 15 heavy (non-hydrogen) atoms. The van der Waals surface area contributed by atoms with Gasteiger partial charge in [-0.2, -0.15) is 13.2 Å². The Bertz CT molecular complexity index is 454. The number of sulfone groups is 1. The Hall–Kier alpha value is -1.04. The first-order valence-corrected chi connectivity index (χ1v) is 5.54. The maximum atomic E-state index is 12.3. The lowest BCUT2D eigenvalue weighted by Gasteiger charge is -2.12. The van der Waals surface area contributed by atoms with E-state index in [9.17, 15) is 21.6 Å². The Morgan fingerprint density at radius 1 is 1.07 bits per heavy atom. The first-order valence-electron chi connectivity index (χ1n) is 4.05. The Morgan fingerprint density at radius 2 is 1.47 bits per heavy atom. The zero-order valence-electron chi connectivity index (χ0n) is 8.09.